The molecule has 126 valence electrons. The fourth-order valence-electron chi connectivity index (χ4n) is 4.27. The van der Waals surface area contributed by atoms with Gasteiger partial charge in [-0.3, -0.25) is 9.69 Å². The van der Waals surface area contributed by atoms with Crippen LogP contribution in [0.4, 0.5) is 0 Å². The molecule has 24 heavy (non-hydrogen) atoms. The van der Waals surface area contributed by atoms with E-state index >= 15 is 0 Å². The van der Waals surface area contributed by atoms with Gasteiger partial charge in [-0.15, -0.1) is 0 Å². The summed E-state index contributed by atoms with van der Waals surface area (Å²) in [6, 6.07) is 11.8. The molecule has 1 aliphatic heterocycles. The monoisotopic (exact) mass is 323 g/mol. The summed E-state index contributed by atoms with van der Waals surface area (Å²) in [5, 5.41) is 3.55. The number of rotatable bonds is 3. The van der Waals surface area contributed by atoms with E-state index in [0.717, 1.165) is 43.0 Å². The van der Waals surface area contributed by atoms with Crippen LogP contribution in [0.1, 0.15) is 31.2 Å². The van der Waals surface area contributed by atoms with Crippen molar-refractivity contribution in [3.05, 3.63) is 58.4 Å². The van der Waals surface area contributed by atoms with E-state index < -0.39 is 0 Å². The second kappa shape index (κ2) is 6.54. The van der Waals surface area contributed by atoms with Crippen LogP contribution in [0.15, 0.2) is 47.4 Å². The molecule has 4 heteroatoms. The molecule has 4 rings (SSSR count). The fourth-order valence-corrected chi connectivity index (χ4v) is 4.27. The van der Waals surface area contributed by atoms with E-state index in [1.165, 1.54) is 25.7 Å². The zero-order chi connectivity index (χ0) is 16.4. The average Bonchev–Trinajstić information content (AvgIpc) is 3.08. The van der Waals surface area contributed by atoms with Crippen LogP contribution in [-0.4, -0.2) is 35.1 Å². The van der Waals surface area contributed by atoms with Crippen LogP contribution in [0.5, 0.6) is 0 Å². The quantitative estimate of drug-likeness (QED) is 0.913. The fraction of sp³-hybridized carbons (Fsp3) is 0.450. The third-order valence-corrected chi connectivity index (χ3v) is 5.66. The summed E-state index contributed by atoms with van der Waals surface area (Å²) < 4.78 is 0. The maximum atomic E-state index is 12.6. The molecule has 0 unspecified atom stereocenters. The highest BCUT2D eigenvalue weighted by molar-refractivity contribution is 5.58. The van der Waals surface area contributed by atoms with Crippen molar-refractivity contribution >= 4 is 0 Å². The molecule has 0 radical (unpaired) electrons. The summed E-state index contributed by atoms with van der Waals surface area (Å²) in [7, 11) is 0. The standard InChI is InChI=1S/C20H25N3O/c24-19-12-18(16-6-2-1-3-7-16)22-13-17(19)14-23-11-10-21-15-20(23)8-4-5-9-20/h1-3,6-7,12-13,21H,4-5,8-11,14-15H2,(H,22,24). The van der Waals surface area contributed by atoms with Crippen LogP contribution in [0.2, 0.25) is 0 Å². The van der Waals surface area contributed by atoms with E-state index in [1.807, 2.05) is 36.5 Å². The molecule has 2 fully saturated rings. The van der Waals surface area contributed by atoms with Gasteiger partial charge < -0.3 is 10.3 Å². The van der Waals surface area contributed by atoms with Gasteiger partial charge in [0.1, 0.15) is 0 Å². The molecule has 1 aromatic carbocycles. The maximum Gasteiger partial charge on any atom is 0.186 e. The van der Waals surface area contributed by atoms with Crippen molar-refractivity contribution in [2.75, 3.05) is 19.6 Å². The van der Waals surface area contributed by atoms with Gasteiger partial charge in [-0.25, -0.2) is 0 Å². The van der Waals surface area contributed by atoms with Gasteiger partial charge in [0.2, 0.25) is 0 Å². The van der Waals surface area contributed by atoms with Crippen LogP contribution in [0.3, 0.4) is 0 Å². The number of benzene rings is 1. The lowest BCUT2D eigenvalue weighted by molar-refractivity contribution is 0.0569. The van der Waals surface area contributed by atoms with E-state index in [-0.39, 0.29) is 11.0 Å². The number of nitrogens with zero attached hydrogens (tertiary/aromatic N) is 1. The Balaban J connectivity index is 1.57. The van der Waals surface area contributed by atoms with Crippen LogP contribution < -0.4 is 10.7 Å². The SMILES string of the molecule is O=c1cc(-c2ccccc2)[nH]cc1CN1CCNCC12CCCC2. The van der Waals surface area contributed by atoms with Gasteiger partial charge in [0.25, 0.3) is 0 Å². The third-order valence-electron chi connectivity index (χ3n) is 5.66. The van der Waals surface area contributed by atoms with Gasteiger partial charge in [0.15, 0.2) is 5.43 Å². The summed E-state index contributed by atoms with van der Waals surface area (Å²) in [5.41, 5.74) is 3.22. The Hall–Kier alpha value is -1.91. The summed E-state index contributed by atoms with van der Waals surface area (Å²) >= 11 is 0. The highest BCUT2D eigenvalue weighted by Gasteiger charge is 2.41. The molecule has 2 N–H and O–H groups in total. The van der Waals surface area contributed by atoms with Gasteiger partial charge >= 0.3 is 0 Å². The minimum Gasteiger partial charge on any atom is -0.361 e. The number of H-pyrrole nitrogens is 1. The van der Waals surface area contributed by atoms with Crippen LogP contribution in [0, 0.1) is 0 Å². The third kappa shape index (κ3) is 2.92. The Morgan fingerprint density at radius 1 is 1.12 bits per heavy atom. The Morgan fingerprint density at radius 2 is 1.92 bits per heavy atom. The number of aromatic amines is 1. The van der Waals surface area contributed by atoms with Crippen LogP contribution in [-0.2, 0) is 6.54 Å². The van der Waals surface area contributed by atoms with E-state index in [9.17, 15) is 4.79 Å². The Labute approximate surface area is 142 Å². The molecule has 1 saturated carbocycles. The Morgan fingerprint density at radius 3 is 2.67 bits per heavy atom. The number of hydrogen-bond donors (Lipinski definition) is 2. The van der Waals surface area contributed by atoms with Gasteiger partial charge in [-0.1, -0.05) is 43.2 Å². The minimum atomic E-state index is 0.138. The molecule has 2 aliphatic rings. The predicted octanol–water partition coefficient (Wildman–Crippen LogP) is 2.76. The van der Waals surface area contributed by atoms with Crippen molar-refractivity contribution in [2.45, 2.75) is 37.8 Å². The van der Waals surface area contributed by atoms with Crippen molar-refractivity contribution in [3.8, 4) is 11.3 Å². The number of nitrogens with one attached hydrogen (secondary N) is 2. The van der Waals surface area contributed by atoms with Gasteiger partial charge in [0, 0.05) is 55.2 Å². The van der Waals surface area contributed by atoms with Crippen LogP contribution >= 0.6 is 0 Å². The largest absolute Gasteiger partial charge is 0.361 e. The first-order chi connectivity index (χ1) is 11.8. The molecule has 1 spiro atoms. The second-order valence-electron chi connectivity index (χ2n) is 7.13. The minimum absolute atomic E-state index is 0.138. The smallest absolute Gasteiger partial charge is 0.186 e. The molecule has 2 aromatic rings. The lowest BCUT2D eigenvalue weighted by Crippen LogP contribution is -2.59. The Bertz CT molecular complexity index is 747. The first-order valence-electron chi connectivity index (χ1n) is 9.00. The molecular weight excluding hydrogens is 298 g/mol. The number of piperazine rings is 1. The predicted molar refractivity (Wildman–Crippen MR) is 97.0 cm³/mol. The zero-order valence-electron chi connectivity index (χ0n) is 14.1. The van der Waals surface area contributed by atoms with E-state index in [2.05, 4.69) is 15.2 Å². The van der Waals surface area contributed by atoms with Crippen LogP contribution in [0.25, 0.3) is 11.3 Å². The number of hydrogen-bond acceptors (Lipinski definition) is 3. The normalized spacial score (nSPS) is 20.5. The molecule has 4 nitrogen and oxygen atoms in total. The maximum absolute atomic E-state index is 12.6. The lowest BCUT2D eigenvalue weighted by atomic mass is 9.92. The van der Waals surface area contributed by atoms with Gasteiger partial charge in [-0.05, 0) is 18.4 Å². The van der Waals surface area contributed by atoms with Crippen molar-refractivity contribution in [2.24, 2.45) is 0 Å². The highest BCUT2D eigenvalue weighted by Crippen LogP contribution is 2.36. The number of pyridine rings is 1. The van der Waals surface area contributed by atoms with Crippen molar-refractivity contribution < 1.29 is 0 Å². The lowest BCUT2D eigenvalue weighted by Gasteiger charge is -2.45. The van der Waals surface area contributed by atoms with Gasteiger partial charge in [0.05, 0.1) is 0 Å². The van der Waals surface area contributed by atoms with E-state index in [0.29, 0.717) is 0 Å². The average molecular weight is 323 g/mol. The molecule has 1 saturated heterocycles. The zero-order valence-corrected chi connectivity index (χ0v) is 14.1. The molecule has 1 aromatic heterocycles. The molecule has 1 aliphatic carbocycles. The van der Waals surface area contributed by atoms with Gasteiger partial charge in [-0.2, -0.15) is 0 Å². The van der Waals surface area contributed by atoms with Crippen molar-refractivity contribution in [3.63, 3.8) is 0 Å². The summed E-state index contributed by atoms with van der Waals surface area (Å²) in [6.07, 6.45) is 7.03. The summed E-state index contributed by atoms with van der Waals surface area (Å²) in [4.78, 5) is 18.5. The Kier molecular flexibility index (Phi) is 4.25. The van der Waals surface area contributed by atoms with E-state index in [1.54, 1.807) is 6.07 Å². The first kappa shape index (κ1) is 15.6. The molecule has 0 amide bonds. The van der Waals surface area contributed by atoms with E-state index in [4.69, 9.17) is 0 Å². The second-order valence-corrected chi connectivity index (χ2v) is 7.13. The first-order valence-corrected chi connectivity index (χ1v) is 9.00. The summed E-state index contributed by atoms with van der Waals surface area (Å²) in [5.74, 6) is 0. The van der Waals surface area contributed by atoms with Crippen molar-refractivity contribution in [1.82, 2.24) is 15.2 Å². The molecule has 0 bridgehead atoms. The molecular formula is C20H25N3O. The summed E-state index contributed by atoms with van der Waals surface area (Å²) in [6.45, 7) is 3.86. The molecule has 0 atom stereocenters. The van der Waals surface area contributed by atoms with Crippen molar-refractivity contribution in [1.29, 1.82) is 0 Å². The number of aromatic nitrogens is 1. The highest BCUT2D eigenvalue weighted by atomic mass is 16.1. The topological polar surface area (TPSA) is 48.1 Å². The molecule has 2 heterocycles.